The molecule has 0 bridgehead atoms. The first kappa shape index (κ1) is 9.36. The van der Waals surface area contributed by atoms with Crippen LogP contribution in [0.15, 0.2) is 12.5 Å². The lowest BCUT2D eigenvalue weighted by atomic mass is 10.0. The Morgan fingerprint density at radius 1 is 1.40 bits per heavy atom. The molecule has 82 valence electrons. The van der Waals surface area contributed by atoms with E-state index in [4.69, 9.17) is 10.5 Å². The largest absolute Gasteiger partial charge is 0.372 e. The second-order valence-corrected chi connectivity index (χ2v) is 4.60. The second-order valence-electron chi connectivity index (χ2n) is 4.60. The van der Waals surface area contributed by atoms with Gasteiger partial charge >= 0.3 is 0 Å². The summed E-state index contributed by atoms with van der Waals surface area (Å²) in [7, 11) is 0. The number of hydrogen-bond donors (Lipinski definition) is 1. The third-order valence-electron chi connectivity index (χ3n) is 3.29. The molecule has 1 aromatic rings. The van der Waals surface area contributed by atoms with Gasteiger partial charge in [-0.2, -0.15) is 0 Å². The molecular formula is C11H17N3O. The average molecular weight is 207 g/mol. The second kappa shape index (κ2) is 3.61. The quantitative estimate of drug-likeness (QED) is 0.797. The summed E-state index contributed by atoms with van der Waals surface area (Å²) in [5.74, 6) is 0. The molecule has 0 spiro atoms. The third-order valence-corrected chi connectivity index (χ3v) is 3.29. The fourth-order valence-electron chi connectivity index (χ4n) is 2.25. The van der Waals surface area contributed by atoms with Crippen LogP contribution in [0.1, 0.15) is 43.5 Å². The van der Waals surface area contributed by atoms with Gasteiger partial charge in [-0.3, -0.25) is 0 Å². The lowest BCUT2D eigenvalue weighted by molar-refractivity contribution is 0.00201. The predicted molar refractivity (Wildman–Crippen MR) is 56.4 cm³/mol. The summed E-state index contributed by atoms with van der Waals surface area (Å²) in [6.45, 7) is 0.779. The van der Waals surface area contributed by atoms with E-state index in [0.29, 0.717) is 6.04 Å². The summed E-state index contributed by atoms with van der Waals surface area (Å²) in [5.41, 5.74) is 7.18. The number of ether oxygens (including phenoxy) is 1. The van der Waals surface area contributed by atoms with Crippen molar-refractivity contribution in [2.75, 3.05) is 6.61 Å². The van der Waals surface area contributed by atoms with E-state index in [2.05, 4.69) is 9.55 Å². The molecule has 1 saturated heterocycles. The lowest BCUT2D eigenvalue weighted by Crippen LogP contribution is -2.31. The van der Waals surface area contributed by atoms with Crippen LogP contribution in [-0.4, -0.2) is 22.2 Å². The van der Waals surface area contributed by atoms with E-state index in [1.54, 1.807) is 0 Å². The van der Waals surface area contributed by atoms with Gasteiger partial charge in [-0.1, -0.05) is 0 Å². The van der Waals surface area contributed by atoms with Crippen LogP contribution in [0.3, 0.4) is 0 Å². The van der Waals surface area contributed by atoms with Crippen molar-refractivity contribution in [1.82, 2.24) is 9.55 Å². The van der Waals surface area contributed by atoms with Crippen LogP contribution < -0.4 is 5.73 Å². The third kappa shape index (κ3) is 1.79. The van der Waals surface area contributed by atoms with Gasteiger partial charge in [0.1, 0.15) is 6.10 Å². The Labute approximate surface area is 89.4 Å². The molecule has 2 unspecified atom stereocenters. The van der Waals surface area contributed by atoms with E-state index in [-0.39, 0.29) is 12.1 Å². The Balaban J connectivity index is 1.81. The average Bonchev–Trinajstić information content (AvgIpc) is 2.96. The maximum absolute atomic E-state index is 5.96. The molecule has 2 atom stereocenters. The Hall–Kier alpha value is -0.870. The van der Waals surface area contributed by atoms with E-state index in [0.717, 1.165) is 19.4 Å². The molecule has 3 rings (SSSR count). The fourth-order valence-corrected chi connectivity index (χ4v) is 2.25. The molecule has 0 amide bonds. The standard InChI is InChI=1S/C11H17N3O/c12-8-3-4-15-11(5-8)10-6-13-7-14(10)9-1-2-9/h6-9,11H,1-5,12H2. The van der Waals surface area contributed by atoms with Gasteiger partial charge in [0.25, 0.3) is 0 Å². The van der Waals surface area contributed by atoms with Crippen LogP contribution in [0.4, 0.5) is 0 Å². The Morgan fingerprint density at radius 2 is 2.27 bits per heavy atom. The highest BCUT2D eigenvalue weighted by molar-refractivity contribution is 5.08. The maximum Gasteiger partial charge on any atom is 0.100 e. The smallest absolute Gasteiger partial charge is 0.100 e. The first-order chi connectivity index (χ1) is 7.34. The van der Waals surface area contributed by atoms with Gasteiger partial charge in [-0.05, 0) is 25.7 Å². The first-order valence-corrected chi connectivity index (χ1v) is 5.73. The molecule has 15 heavy (non-hydrogen) atoms. The van der Waals surface area contributed by atoms with Crippen molar-refractivity contribution in [2.24, 2.45) is 5.73 Å². The highest BCUT2D eigenvalue weighted by Crippen LogP contribution is 2.38. The van der Waals surface area contributed by atoms with Gasteiger partial charge in [0.2, 0.25) is 0 Å². The van der Waals surface area contributed by atoms with Crippen molar-refractivity contribution >= 4 is 0 Å². The van der Waals surface area contributed by atoms with Crippen LogP contribution >= 0.6 is 0 Å². The minimum atomic E-state index is 0.164. The van der Waals surface area contributed by atoms with Gasteiger partial charge < -0.3 is 15.0 Å². The zero-order valence-electron chi connectivity index (χ0n) is 8.80. The zero-order valence-corrected chi connectivity index (χ0v) is 8.80. The lowest BCUT2D eigenvalue weighted by Gasteiger charge is -2.27. The van der Waals surface area contributed by atoms with Crippen LogP contribution in [-0.2, 0) is 4.74 Å². The summed E-state index contributed by atoms with van der Waals surface area (Å²) < 4.78 is 8.04. The molecule has 1 aliphatic carbocycles. The van der Waals surface area contributed by atoms with Crippen molar-refractivity contribution in [3.8, 4) is 0 Å². The molecule has 0 aromatic carbocycles. The van der Waals surface area contributed by atoms with Crippen molar-refractivity contribution in [1.29, 1.82) is 0 Å². The van der Waals surface area contributed by atoms with Gasteiger partial charge in [0.15, 0.2) is 0 Å². The van der Waals surface area contributed by atoms with E-state index in [1.165, 1.54) is 18.5 Å². The van der Waals surface area contributed by atoms with Crippen LogP contribution in [0, 0.1) is 0 Å². The van der Waals surface area contributed by atoms with Crippen LogP contribution in [0.25, 0.3) is 0 Å². The van der Waals surface area contributed by atoms with Gasteiger partial charge in [-0.25, -0.2) is 4.98 Å². The molecule has 2 aliphatic rings. The molecule has 0 radical (unpaired) electrons. The topological polar surface area (TPSA) is 53.1 Å². The molecule has 4 nitrogen and oxygen atoms in total. The Kier molecular flexibility index (Phi) is 2.25. The van der Waals surface area contributed by atoms with Gasteiger partial charge in [0.05, 0.1) is 18.2 Å². The molecule has 1 saturated carbocycles. The van der Waals surface area contributed by atoms with E-state index >= 15 is 0 Å². The van der Waals surface area contributed by atoms with Crippen molar-refractivity contribution in [2.45, 2.75) is 43.9 Å². The van der Waals surface area contributed by atoms with Crippen molar-refractivity contribution in [3.63, 3.8) is 0 Å². The molecule has 1 aromatic heterocycles. The zero-order chi connectivity index (χ0) is 10.3. The first-order valence-electron chi connectivity index (χ1n) is 5.73. The van der Waals surface area contributed by atoms with Gasteiger partial charge in [0, 0.05) is 18.7 Å². The Bertz CT molecular complexity index is 345. The summed E-state index contributed by atoms with van der Waals surface area (Å²) in [4.78, 5) is 4.23. The normalized spacial score (nSPS) is 31.8. The fraction of sp³-hybridized carbons (Fsp3) is 0.727. The summed E-state index contributed by atoms with van der Waals surface area (Å²) in [5, 5.41) is 0. The molecule has 2 heterocycles. The number of hydrogen-bond acceptors (Lipinski definition) is 3. The van der Waals surface area contributed by atoms with E-state index < -0.39 is 0 Å². The summed E-state index contributed by atoms with van der Waals surface area (Å²) >= 11 is 0. The van der Waals surface area contributed by atoms with Crippen LogP contribution in [0.5, 0.6) is 0 Å². The molecule has 1 aliphatic heterocycles. The minimum absolute atomic E-state index is 0.164. The van der Waals surface area contributed by atoms with E-state index in [9.17, 15) is 0 Å². The minimum Gasteiger partial charge on any atom is -0.372 e. The predicted octanol–water partition coefficient (Wildman–Crippen LogP) is 1.40. The highest BCUT2D eigenvalue weighted by atomic mass is 16.5. The number of rotatable bonds is 2. The summed E-state index contributed by atoms with van der Waals surface area (Å²) in [6, 6.07) is 0.954. The summed E-state index contributed by atoms with van der Waals surface area (Å²) in [6.07, 6.45) is 8.49. The number of aromatic nitrogens is 2. The monoisotopic (exact) mass is 207 g/mol. The SMILES string of the molecule is NC1CCOC(c2cncn2C2CC2)C1. The number of nitrogens with zero attached hydrogens (tertiary/aromatic N) is 2. The Morgan fingerprint density at radius 3 is 3.00 bits per heavy atom. The highest BCUT2D eigenvalue weighted by Gasteiger charge is 2.30. The number of nitrogens with two attached hydrogens (primary N) is 1. The van der Waals surface area contributed by atoms with Crippen molar-refractivity contribution < 1.29 is 4.74 Å². The van der Waals surface area contributed by atoms with Crippen molar-refractivity contribution in [3.05, 3.63) is 18.2 Å². The molecule has 2 fully saturated rings. The molecular weight excluding hydrogens is 190 g/mol. The maximum atomic E-state index is 5.96. The van der Waals surface area contributed by atoms with Gasteiger partial charge in [-0.15, -0.1) is 0 Å². The molecule has 4 heteroatoms. The number of imidazole rings is 1. The van der Waals surface area contributed by atoms with E-state index in [1.807, 2.05) is 12.5 Å². The molecule has 2 N–H and O–H groups in total. The van der Waals surface area contributed by atoms with Crippen LogP contribution in [0.2, 0.25) is 0 Å².